The zero-order valence-corrected chi connectivity index (χ0v) is 12.3. The van der Waals surface area contributed by atoms with Crippen molar-refractivity contribution in [2.75, 3.05) is 20.3 Å². The predicted octanol–water partition coefficient (Wildman–Crippen LogP) is 1.45. The highest BCUT2D eigenvalue weighted by atomic mass is 16.5. The van der Waals surface area contributed by atoms with Crippen molar-refractivity contribution >= 4 is 11.9 Å². The molecule has 2 N–H and O–H groups in total. The number of ether oxygens (including phenoxy) is 2. The van der Waals surface area contributed by atoms with Crippen LogP contribution in [-0.4, -0.2) is 42.8 Å². The first-order chi connectivity index (χ1) is 9.98. The van der Waals surface area contributed by atoms with E-state index < -0.39 is 11.5 Å². The van der Waals surface area contributed by atoms with Crippen LogP contribution in [0.3, 0.4) is 0 Å². The van der Waals surface area contributed by atoms with E-state index in [2.05, 4.69) is 5.32 Å². The quantitative estimate of drug-likeness (QED) is 0.674. The number of hydrogen-bond acceptors (Lipinski definition) is 4. The molecule has 0 aliphatic rings. The van der Waals surface area contributed by atoms with Gasteiger partial charge in [0.2, 0.25) is 5.91 Å². The van der Waals surface area contributed by atoms with Gasteiger partial charge in [-0.25, -0.2) is 4.79 Å². The lowest BCUT2D eigenvalue weighted by Gasteiger charge is -2.25. The molecule has 0 aromatic heterocycles. The van der Waals surface area contributed by atoms with E-state index in [4.69, 9.17) is 14.6 Å². The minimum Gasteiger partial charge on any atom is -0.494 e. The number of carbonyl (C=O) groups excluding carboxylic acids is 1. The molecule has 0 aliphatic heterocycles. The summed E-state index contributed by atoms with van der Waals surface area (Å²) in [4.78, 5) is 22.9. The number of rotatable bonds is 9. The van der Waals surface area contributed by atoms with Gasteiger partial charge < -0.3 is 19.9 Å². The molecule has 0 saturated carbocycles. The summed E-state index contributed by atoms with van der Waals surface area (Å²) < 4.78 is 10.3. The Morgan fingerprint density at radius 2 is 1.95 bits per heavy atom. The number of nitrogens with one attached hydrogen (secondary N) is 1. The first-order valence-corrected chi connectivity index (χ1v) is 6.69. The number of carboxylic acid groups (broad SMARTS) is 1. The van der Waals surface area contributed by atoms with Crippen LogP contribution in [0.2, 0.25) is 0 Å². The van der Waals surface area contributed by atoms with E-state index >= 15 is 0 Å². The minimum atomic E-state index is -1.41. The van der Waals surface area contributed by atoms with Gasteiger partial charge in [0, 0.05) is 13.5 Å². The molecule has 6 nitrogen and oxygen atoms in total. The molecule has 1 aromatic carbocycles. The fourth-order valence-corrected chi connectivity index (χ4v) is 1.75. The first-order valence-electron chi connectivity index (χ1n) is 6.69. The monoisotopic (exact) mass is 295 g/mol. The maximum Gasteiger partial charge on any atom is 0.331 e. The van der Waals surface area contributed by atoms with Crippen LogP contribution in [-0.2, 0) is 14.3 Å². The van der Waals surface area contributed by atoms with Gasteiger partial charge in [-0.05, 0) is 25.5 Å². The molecular weight excluding hydrogens is 274 g/mol. The second-order valence-corrected chi connectivity index (χ2v) is 4.88. The number of methoxy groups -OCH3 is 1. The molecule has 1 amide bonds. The van der Waals surface area contributed by atoms with Crippen LogP contribution in [0.15, 0.2) is 30.3 Å². The molecular formula is C15H21NO5. The molecule has 0 spiro atoms. The third-order valence-corrected chi connectivity index (χ3v) is 2.88. The molecule has 1 atom stereocenters. The molecule has 1 aromatic rings. The van der Waals surface area contributed by atoms with E-state index in [9.17, 15) is 9.59 Å². The number of para-hydroxylation sites is 1. The first kappa shape index (κ1) is 17.0. The zero-order valence-electron chi connectivity index (χ0n) is 12.3. The zero-order chi connectivity index (χ0) is 15.7. The smallest absolute Gasteiger partial charge is 0.331 e. The van der Waals surface area contributed by atoms with Crippen LogP contribution in [0.5, 0.6) is 5.75 Å². The molecule has 1 rings (SSSR count). The van der Waals surface area contributed by atoms with Crippen molar-refractivity contribution in [3.05, 3.63) is 30.3 Å². The fraction of sp³-hybridized carbons (Fsp3) is 0.467. The molecule has 6 heteroatoms. The normalized spacial score (nSPS) is 13.2. The van der Waals surface area contributed by atoms with Gasteiger partial charge in [-0.2, -0.15) is 0 Å². The highest BCUT2D eigenvalue weighted by molar-refractivity contribution is 5.86. The van der Waals surface area contributed by atoms with Crippen molar-refractivity contribution in [2.45, 2.75) is 25.3 Å². The molecule has 0 aliphatic carbocycles. The second kappa shape index (κ2) is 8.26. The van der Waals surface area contributed by atoms with E-state index in [0.29, 0.717) is 13.0 Å². The van der Waals surface area contributed by atoms with E-state index in [1.54, 1.807) is 0 Å². The number of hydrogen-bond donors (Lipinski definition) is 2. The summed E-state index contributed by atoms with van der Waals surface area (Å²) in [5.41, 5.74) is -1.41. The molecule has 0 fully saturated rings. The third kappa shape index (κ3) is 5.83. The Bertz CT molecular complexity index is 462. The lowest BCUT2D eigenvalue weighted by molar-refractivity contribution is -0.149. The van der Waals surface area contributed by atoms with Gasteiger partial charge in [0.1, 0.15) is 5.75 Å². The average Bonchev–Trinajstić information content (AvgIpc) is 2.45. The highest BCUT2D eigenvalue weighted by Gasteiger charge is 2.34. The van der Waals surface area contributed by atoms with Gasteiger partial charge in [-0.1, -0.05) is 18.2 Å². The van der Waals surface area contributed by atoms with E-state index in [-0.39, 0.29) is 18.9 Å². The topological polar surface area (TPSA) is 84.9 Å². The molecule has 21 heavy (non-hydrogen) atoms. The number of benzene rings is 1. The van der Waals surface area contributed by atoms with Gasteiger partial charge in [0.05, 0.1) is 13.2 Å². The van der Waals surface area contributed by atoms with Crippen LogP contribution in [0.1, 0.15) is 19.8 Å². The fourth-order valence-electron chi connectivity index (χ4n) is 1.75. The second-order valence-electron chi connectivity index (χ2n) is 4.88. The Morgan fingerprint density at radius 1 is 1.29 bits per heavy atom. The van der Waals surface area contributed by atoms with Crippen molar-refractivity contribution in [2.24, 2.45) is 0 Å². The maximum absolute atomic E-state index is 11.8. The Hall–Kier alpha value is -2.08. The van der Waals surface area contributed by atoms with Crippen molar-refractivity contribution in [1.29, 1.82) is 0 Å². The van der Waals surface area contributed by atoms with Gasteiger partial charge in [0.25, 0.3) is 0 Å². The van der Waals surface area contributed by atoms with Gasteiger partial charge >= 0.3 is 5.97 Å². The van der Waals surface area contributed by atoms with Crippen molar-refractivity contribution in [1.82, 2.24) is 5.32 Å². The predicted molar refractivity (Wildman–Crippen MR) is 77.2 cm³/mol. The molecule has 116 valence electrons. The van der Waals surface area contributed by atoms with Gasteiger partial charge in [-0.3, -0.25) is 4.79 Å². The highest BCUT2D eigenvalue weighted by Crippen LogP contribution is 2.09. The number of amides is 1. The van der Waals surface area contributed by atoms with Gasteiger partial charge in [-0.15, -0.1) is 0 Å². The Labute approximate surface area is 124 Å². The number of carboxylic acids is 1. The van der Waals surface area contributed by atoms with Crippen LogP contribution in [0.25, 0.3) is 0 Å². The summed E-state index contributed by atoms with van der Waals surface area (Å²) >= 11 is 0. The summed E-state index contributed by atoms with van der Waals surface area (Å²) in [6.45, 7) is 1.72. The summed E-state index contributed by atoms with van der Waals surface area (Å²) in [5, 5.41) is 11.6. The average molecular weight is 295 g/mol. The lowest BCUT2D eigenvalue weighted by Crippen LogP contribution is -2.55. The summed E-state index contributed by atoms with van der Waals surface area (Å²) in [5.74, 6) is -0.723. The largest absolute Gasteiger partial charge is 0.494 e. The summed E-state index contributed by atoms with van der Waals surface area (Å²) in [6, 6.07) is 9.29. The third-order valence-electron chi connectivity index (χ3n) is 2.88. The Morgan fingerprint density at radius 3 is 2.52 bits per heavy atom. The SMILES string of the molecule is COCC(C)(NC(=O)CCCOc1ccccc1)C(=O)O. The van der Waals surface area contributed by atoms with Crippen LogP contribution in [0, 0.1) is 0 Å². The van der Waals surface area contributed by atoms with E-state index in [1.807, 2.05) is 30.3 Å². The summed E-state index contributed by atoms with van der Waals surface area (Å²) in [7, 11) is 1.39. The van der Waals surface area contributed by atoms with Crippen LogP contribution < -0.4 is 10.1 Å². The minimum absolute atomic E-state index is 0.0887. The Kier molecular flexibility index (Phi) is 6.68. The van der Waals surface area contributed by atoms with E-state index in [0.717, 1.165) is 5.75 Å². The number of aliphatic carboxylic acids is 1. The molecule has 0 radical (unpaired) electrons. The van der Waals surface area contributed by atoms with Gasteiger partial charge in [0.15, 0.2) is 5.54 Å². The molecule has 1 unspecified atom stereocenters. The summed E-state index contributed by atoms with van der Waals surface area (Å²) in [6.07, 6.45) is 0.697. The standard InChI is InChI=1S/C15H21NO5/c1-15(11-20-2,14(18)19)16-13(17)9-6-10-21-12-7-4-3-5-8-12/h3-5,7-8H,6,9-11H2,1-2H3,(H,16,17)(H,18,19). The molecule has 0 saturated heterocycles. The molecule has 0 bridgehead atoms. The lowest BCUT2D eigenvalue weighted by atomic mass is 10.0. The molecule has 0 heterocycles. The van der Waals surface area contributed by atoms with Crippen molar-refractivity contribution in [3.63, 3.8) is 0 Å². The number of carbonyl (C=O) groups is 2. The van der Waals surface area contributed by atoms with Crippen LogP contribution in [0.4, 0.5) is 0 Å². The van der Waals surface area contributed by atoms with Crippen molar-refractivity contribution in [3.8, 4) is 5.75 Å². The maximum atomic E-state index is 11.8. The van der Waals surface area contributed by atoms with E-state index in [1.165, 1.54) is 14.0 Å². The van der Waals surface area contributed by atoms with Crippen LogP contribution >= 0.6 is 0 Å². The Balaban J connectivity index is 2.32. The van der Waals surface area contributed by atoms with Crippen molar-refractivity contribution < 1.29 is 24.2 Å².